The average molecular weight is 246 g/mol. The number of aryl methyl sites for hydroxylation is 1. The highest BCUT2D eigenvalue weighted by Gasteiger charge is 2.06. The van der Waals surface area contributed by atoms with Crippen molar-refractivity contribution in [3.8, 4) is 0 Å². The molecule has 1 heterocycles. The van der Waals surface area contributed by atoms with E-state index in [0.717, 1.165) is 23.4 Å². The Balaban J connectivity index is 2.28. The predicted molar refractivity (Wildman–Crippen MR) is 76.4 cm³/mol. The molecule has 0 aliphatic heterocycles. The monoisotopic (exact) mass is 246 g/mol. The summed E-state index contributed by atoms with van der Waals surface area (Å²) in [5.74, 6) is 1.10. The van der Waals surface area contributed by atoms with E-state index in [-0.39, 0.29) is 6.04 Å². The Kier molecular flexibility index (Phi) is 4.02. The minimum absolute atomic E-state index is 0.133. The first-order valence-corrected chi connectivity index (χ1v) is 7.22. The zero-order valence-corrected chi connectivity index (χ0v) is 11.1. The standard InChI is InChI=1S/C14H18N2S/c1-10-3-4-12-9-11(5-6-14(12)16-10)13(15)7-8-17-2/h3-6,9,13H,7-8,15H2,1-2H3. The minimum Gasteiger partial charge on any atom is -0.324 e. The van der Waals surface area contributed by atoms with Gasteiger partial charge in [0.25, 0.3) is 0 Å². The van der Waals surface area contributed by atoms with Gasteiger partial charge in [0.1, 0.15) is 0 Å². The van der Waals surface area contributed by atoms with E-state index in [2.05, 4.69) is 35.5 Å². The first-order valence-electron chi connectivity index (χ1n) is 5.82. The van der Waals surface area contributed by atoms with Crippen LogP contribution in [0.1, 0.15) is 23.7 Å². The van der Waals surface area contributed by atoms with Crippen LogP contribution in [0.3, 0.4) is 0 Å². The number of rotatable bonds is 4. The summed E-state index contributed by atoms with van der Waals surface area (Å²) in [5, 5.41) is 1.17. The molecule has 0 saturated carbocycles. The lowest BCUT2D eigenvalue weighted by molar-refractivity contribution is 0.706. The molecule has 0 aliphatic rings. The number of benzene rings is 1. The van der Waals surface area contributed by atoms with Gasteiger partial charge in [-0.15, -0.1) is 0 Å². The van der Waals surface area contributed by atoms with Crippen molar-refractivity contribution in [2.45, 2.75) is 19.4 Å². The highest BCUT2D eigenvalue weighted by molar-refractivity contribution is 7.98. The summed E-state index contributed by atoms with van der Waals surface area (Å²) in [6, 6.07) is 10.6. The van der Waals surface area contributed by atoms with E-state index in [4.69, 9.17) is 5.73 Å². The molecule has 0 bridgehead atoms. The SMILES string of the molecule is CSCCC(N)c1ccc2nc(C)ccc2c1. The Bertz CT molecular complexity index is 511. The first-order chi connectivity index (χ1) is 8.20. The van der Waals surface area contributed by atoms with E-state index < -0.39 is 0 Å². The van der Waals surface area contributed by atoms with E-state index in [1.807, 2.05) is 24.8 Å². The number of aromatic nitrogens is 1. The summed E-state index contributed by atoms with van der Waals surface area (Å²) >= 11 is 1.84. The van der Waals surface area contributed by atoms with Crippen LogP contribution >= 0.6 is 11.8 Å². The largest absolute Gasteiger partial charge is 0.324 e. The second-order valence-corrected chi connectivity index (χ2v) is 5.28. The van der Waals surface area contributed by atoms with E-state index in [1.54, 1.807) is 0 Å². The summed E-state index contributed by atoms with van der Waals surface area (Å²) < 4.78 is 0. The van der Waals surface area contributed by atoms with Crippen molar-refractivity contribution in [1.29, 1.82) is 0 Å². The molecule has 0 fully saturated rings. The molecule has 90 valence electrons. The van der Waals surface area contributed by atoms with Crippen LogP contribution in [0.15, 0.2) is 30.3 Å². The highest BCUT2D eigenvalue weighted by Crippen LogP contribution is 2.21. The van der Waals surface area contributed by atoms with Gasteiger partial charge >= 0.3 is 0 Å². The van der Waals surface area contributed by atoms with Crippen molar-refractivity contribution in [2.24, 2.45) is 5.73 Å². The van der Waals surface area contributed by atoms with Gasteiger partial charge in [-0.1, -0.05) is 12.1 Å². The zero-order chi connectivity index (χ0) is 12.3. The summed E-state index contributed by atoms with van der Waals surface area (Å²) in [6.45, 7) is 2.01. The third-order valence-corrected chi connectivity index (χ3v) is 3.56. The third kappa shape index (κ3) is 2.99. The van der Waals surface area contributed by atoms with Gasteiger partial charge in [0, 0.05) is 17.1 Å². The van der Waals surface area contributed by atoms with Crippen LogP contribution in [0.4, 0.5) is 0 Å². The molecule has 0 amide bonds. The Morgan fingerprint density at radius 2 is 2.12 bits per heavy atom. The van der Waals surface area contributed by atoms with Crippen molar-refractivity contribution in [3.63, 3.8) is 0 Å². The smallest absolute Gasteiger partial charge is 0.0705 e. The van der Waals surface area contributed by atoms with Gasteiger partial charge in [-0.2, -0.15) is 11.8 Å². The maximum atomic E-state index is 6.17. The molecule has 2 rings (SSSR count). The Labute approximate surface area is 107 Å². The molecule has 2 aromatic rings. The number of hydrogen-bond donors (Lipinski definition) is 1. The van der Waals surface area contributed by atoms with Crippen LogP contribution in [-0.4, -0.2) is 17.0 Å². The molecule has 2 nitrogen and oxygen atoms in total. The van der Waals surface area contributed by atoms with Crippen LogP contribution in [0.2, 0.25) is 0 Å². The fraction of sp³-hybridized carbons (Fsp3) is 0.357. The summed E-state index contributed by atoms with van der Waals surface area (Å²) in [5.41, 5.74) is 9.47. The van der Waals surface area contributed by atoms with Gasteiger partial charge in [-0.05, 0) is 49.1 Å². The Morgan fingerprint density at radius 3 is 2.88 bits per heavy atom. The molecule has 3 heteroatoms. The average Bonchev–Trinajstić information content (AvgIpc) is 2.35. The van der Waals surface area contributed by atoms with Crippen molar-refractivity contribution in [1.82, 2.24) is 4.98 Å². The molecule has 2 N–H and O–H groups in total. The number of hydrogen-bond acceptors (Lipinski definition) is 3. The molecule has 1 aromatic heterocycles. The van der Waals surface area contributed by atoms with Crippen molar-refractivity contribution >= 4 is 22.7 Å². The number of nitrogens with two attached hydrogens (primary N) is 1. The first kappa shape index (κ1) is 12.4. The number of fused-ring (bicyclic) bond motifs is 1. The number of nitrogens with zero attached hydrogens (tertiary/aromatic N) is 1. The Hall–Kier alpha value is -1.06. The second-order valence-electron chi connectivity index (χ2n) is 4.29. The zero-order valence-electron chi connectivity index (χ0n) is 10.3. The van der Waals surface area contributed by atoms with Crippen LogP contribution in [-0.2, 0) is 0 Å². The lowest BCUT2D eigenvalue weighted by Crippen LogP contribution is -2.11. The van der Waals surface area contributed by atoms with Crippen molar-refractivity contribution in [3.05, 3.63) is 41.6 Å². The molecule has 1 aromatic carbocycles. The fourth-order valence-corrected chi connectivity index (χ4v) is 2.38. The van der Waals surface area contributed by atoms with Gasteiger partial charge in [0.2, 0.25) is 0 Å². The van der Waals surface area contributed by atoms with E-state index in [9.17, 15) is 0 Å². The van der Waals surface area contributed by atoms with Gasteiger partial charge < -0.3 is 5.73 Å². The number of pyridine rings is 1. The second kappa shape index (κ2) is 5.52. The predicted octanol–water partition coefficient (Wildman–Crippen LogP) is 3.30. The van der Waals surface area contributed by atoms with Crippen LogP contribution in [0.25, 0.3) is 10.9 Å². The normalized spacial score (nSPS) is 12.9. The van der Waals surface area contributed by atoms with Crippen LogP contribution in [0.5, 0.6) is 0 Å². The molecule has 1 atom stereocenters. The quantitative estimate of drug-likeness (QED) is 0.899. The van der Waals surface area contributed by atoms with Gasteiger partial charge in [0.05, 0.1) is 5.52 Å². The van der Waals surface area contributed by atoms with Crippen LogP contribution in [0, 0.1) is 6.92 Å². The van der Waals surface area contributed by atoms with Gasteiger partial charge in [-0.3, -0.25) is 4.98 Å². The molecule has 17 heavy (non-hydrogen) atoms. The van der Waals surface area contributed by atoms with E-state index in [1.165, 1.54) is 10.9 Å². The van der Waals surface area contributed by atoms with Gasteiger partial charge in [0.15, 0.2) is 0 Å². The molecule has 0 spiro atoms. The lowest BCUT2D eigenvalue weighted by atomic mass is 10.0. The lowest BCUT2D eigenvalue weighted by Gasteiger charge is -2.12. The molecular formula is C14H18N2S. The number of thioether (sulfide) groups is 1. The molecule has 0 saturated heterocycles. The van der Waals surface area contributed by atoms with Crippen LogP contribution < -0.4 is 5.73 Å². The van der Waals surface area contributed by atoms with E-state index >= 15 is 0 Å². The molecule has 0 radical (unpaired) electrons. The van der Waals surface area contributed by atoms with Crippen molar-refractivity contribution < 1.29 is 0 Å². The summed E-state index contributed by atoms with van der Waals surface area (Å²) in [4.78, 5) is 4.49. The fourth-order valence-electron chi connectivity index (χ4n) is 1.89. The molecule has 0 aliphatic carbocycles. The highest BCUT2D eigenvalue weighted by atomic mass is 32.2. The topological polar surface area (TPSA) is 38.9 Å². The Morgan fingerprint density at radius 1 is 1.29 bits per heavy atom. The van der Waals surface area contributed by atoms with Crippen molar-refractivity contribution in [2.75, 3.05) is 12.0 Å². The molecule has 1 unspecified atom stereocenters. The third-order valence-electron chi connectivity index (χ3n) is 2.91. The maximum Gasteiger partial charge on any atom is 0.0705 e. The minimum atomic E-state index is 0.133. The van der Waals surface area contributed by atoms with E-state index in [0.29, 0.717) is 0 Å². The summed E-state index contributed by atoms with van der Waals surface area (Å²) in [6.07, 6.45) is 3.13. The van der Waals surface area contributed by atoms with Gasteiger partial charge in [-0.25, -0.2) is 0 Å². The summed E-state index contributed by atoms with van der Waals surface area (Å²) in [7, 11) is 0. The maximum absolute atomic E-state index is 6.17. The molecular weight excluding hydrogens is 228 g/mol.